The molecule has 1 amide bonds. The molecule has 0 aromatic heterocycles. The highest BCUT2D eigenvalue weighted by molar-refractivity contribution is 5.89. The van der Waals surface area contributed by atoms with E-state index in [-0.39, 0.29) is 6.61 Å². The maximum Gasteiger partial charge on any atom is 0.329 e. The number of aliphatic carboxylic acids is 1. The topological polar surface area (TPSA) is 102 Å². The molecule has 1 fully saturated rings. The number of hydrogen-bond donors (Lipinski definition) is 3. The van der Waals surface area contributed by atoms with Crippen LogP contribution >= 0.6 is 0 Å². The number of hydrogen-bond acceptors (Lipinski definition) is 4. The van der Waals surface area contributed by atoms with Gasteiger partial charge in [-0.1, -0.05) is 6.92 Å². The molecule has 6 nitrogen and oxygen atoms in total. The monoisotopic (exact) mass is 258 g/mol. The van der Waals surface area contributed by atoms with Crippen molar-refractivity contribution in [2.75, 3.05) is 13.7 Å². The zero-order valence-electron chi connectivity index (χ0n) is 10.9. The number of amides is 1. The second kappa shape index (κ2) is 6.15. The third-order valence-corrected chi connectivity index (χ3v) is 3.58. The van der Waals surface area contributed by atoms with Crippen molar-refractivity contribution in [2.24, 2.45) is 11.7 Å². The number of rotatable bonds is 5. The first-order chi connectivity index (χ1) is 8.41. The Bertz CT molecular complexity index is 311. The second-order valence-electron chi connectivity index (χ2n) is 5.12. The fraction of sp³-hybridized carbons (Fsp3) is 0.833. The molecular formula is C12H22N2O4. The van der Waals surface area contributed by atoms with Gasteiger partial charge in [-0.3, -0.25) is 4.79 Å². The Morgan fingerprint density at radius 3 is 2.50 bits per heavy atom. The van der Waals surface area contributed by atoms with Crippen molar-refractivity contribution in [2.45, 2.75) is 44.2 Å². The number of carbonyl (C=O) groups is 2. The van der Waals surface area contributed by atoms with E-state index < -0.39 is 23.5 Å². The van der Waals surface area contributed by atoms with Crippen LogP contribution in [-0.2, 0) is 14.3 Å². The minimum Gasteiger partial charge on any atom is -0.480 e. The van der Waals surface area contributed by atoms with E-state index in [9.17, 15) is 14.7 Å². The van der Waals surface area contributed by atoms with Crippen LogP contribution in [0.4, 0.5) is 0 Å². The highest BCUT2D eigenvalue weighted by Gasteiger charge is 2.43. The van der Waals surface area contributed by atoms with Gasteiger partial charge in [0.15, 0.2) is 0 Å². The molecule has 18 heavy (non-hydrogen) atoms. The van der Waals surface area contributed by atoms with Crippen LogP contribution in [0.15, 0.2) is 0 Å². The average Bonchev–Trinajstić information content (AvgIpc) is 2.32. The van der Waals surface area contributed by atoms with Crippen molar-refractivity contribution in [3.8, 4) is 0 Å². The first kappa shape index (κ1) is 14.9. The summed E-state index contributed by atoms with van der Waals surface area (Å²) in [7, 11) is 1.45. The van der Waals surface area contributed by atoms with Gasteiger partial charge in [-0.2, -0.15) is 0 Å². The van der Waals surface area contributed by atoms with Gasteiger partial charge in [0.05, 0.1) is 6.61 Å². The number of methoxy groups -OCH3 is 1. The minimum atomic E-state index is -1.16. The Balaban J connectivity index is 2.69. The van der Waals surface area contributed by atoms with Crippen LogP contribution in [-0.4, -0.2) is 42.3 Å². The molecule has 0 spiro atoms. The van der Waals surface area contributed by atoms with Crippen molar-refractivity contribution in [1.29, 1.82) is 0 Å². The molecule has 0 aromatic rings. The third kappa shape index (κ3) is 3.43. The molecule has 1 aliphatic rings. The van der Waals surface area contributed by atoms with E-state index in [0.29, 0.717) is 18.8 Å². The van der Waals surface area contributed by atoms with Crippen molar-refractivity contribution >= 4 is 11.9 Å². The molecule has 0 aliphatic heterocycles. The molecule has 1 unspecified atom stereocenters. The molecule has 0 heterocycles. The fourth-order valence-electron chi connectivity index (χ4n) is 2.23. The van der Waals surface area contributed by atoms with Crippen LogP contribution in [0.5, 0.6) is 0 Å². The lowest BCUT2D eigenvalue weighted by molar-refractivity contribution is -0.150. The van der Waals surface area contributed by atoms with Crippen LogP contribution in [0.1, 0.15) is 32.6 Å². The molecule has 4 N–H and O–H groups in total. The summed E-state index contributed by atoms with van der Waals surface area (Å²) in [5, 5.41) is 11.9. The average molecular weight is 258 g/mol. The number of nitrogens with one attached hydrogen (secondary N) is 1. The van der Waals surface area contributed by atoms with Crippen molar-refractivity contribution < 1.29 is 19.4 Å². The van der Waals surface area contributed by atoms with Crippen molar-refractivity contribution in [1.82, 2.24) is 5.32 Å². The smallest absolute Gasteiger partial charge is 0.329 e. The van der Waals surface area contributed by atoms with E-state index in [4.69, 9.17) is 10.5 Å². The van der Waals surface area contributed by atoms with E-state index in [1.165, 1.54) is 7.11 Å². The SMILES string of the molecule is COCC(N)C(=O)NC1(C(=O)O)CCC(C)CC1. The summed E-state index contributed by atoms with van der Waals surface area (Å²) in [5.41, 5.74) is 4.44. The van der Waals surface area contributed by atoms with Gasteiger partial charge in [0.2, 0.25) is 5.91 Å². The number of carboxylic acids is 1. The van der Waals surface area contributed by atoms with E-state index in [0.717, 1.165) is 12.8 Å². The molecule has 0 saturated heterocycles. The van der Waals surface area contributed by atoms with Gasteiger partial charge in [-0.05, 0) is 31.6 Å². The van der Waals surface area contributed by atoms with Gasteiger partial charge in [-0.15, -0.1) is 0 Å². The number of carbonyl (C=O) groups excluding carboxylic acids is 1. The van der Waals surface area contributed by atoms with Crippen LogP contribution < -0.4 is 11.1 Å². The normalized spacial score (nSPS) is 29.6. The maximum atomic E-state index is 11.8. The van der Waals surface area contributed by atoms with Gasteiger partial charge in [0.25, 0.3) is 0 Å². The maximum absolute atomic E-state index is 11.8. The summed E-state index contributed by atoms with van der Waals surface area (Å²) >= 11 is 0. The summed E-state index contributed by atoms with van der Waals surface area (Å²) in [5.74, 6) is -0.941. The Kier molecular flexibility index (Phi) is 5.10. The lowest BCUT2D eigenvalue weighted by Gasteiger charge is -2.37. The Morgan fingerprint density at radius 1 is 1.50 bits per heavy atom. The van der Waals surface area contributed by atoms with Crippen molar-refractivity contribution in [3.05, 3.63) is 0 Å². The number of carboxylic acid groups (broad SMARTS) is 1. The molecule has 0 aromatic carbocycles. The summed E-state index contributed by atoms with van der Waals surface area (Å²) in [6.45, 7) is 2.17. The van der Waals surface area contributed by atoms with Crippen LogP contribution in [0, 0.1) is 5.92 Å². The van der Waals surface area contributed by atoms with E-state index in [2.05, 4.69) is 12.2 Å². The van der Waals surface area contributed by atoms with Gasteiger partial charge < -0.3 is 20.9 Å². The molecule has 104 valence electrons. The first-order valence-corrected chi connectivity index (χ1v) is 6.21. The predicted octanol–water partition coefficient (Wildman–Crippen LogP) is 0.110. The van der Waals surface area contributed by atoms with E-state index in [1.54, 1.807) is 0 Å². The Labute approximate surface area is 107 Å². The Morgan fingerprint density at radius 2 is 2.06 bits per heavy atom. The summed E-state index contributed by atoms with van der Waals surface area (Å²) in [6.07, 6.45) is 2.50. The summed E-state index contributed by atoms with van der Waals surface area (Å²) in [4.78, 5) is 23.2. The standard InChI is InChI=1S/C12H22N2O4/c1-8-3-5-12(6-4-8,11(16)17)14-10(15)9(13)7-18-2/h8-9H,3-7,13H2,1-2H3,(H,14,15)(H,16,17). The molecule has 1 atom stereocenters. The lowest BCUT2D eigenvalue weighted by Crippen LogP contribution is -2.60. The van der Waals surface area contributed by atoms with Gasteiger partial charge in [-0.25, -0.2) is 4.79 Å². The first-order valence-electron chi connectivity index (χ1n) is 6.21. The van der Waals surface area contributed by atoms with Gasteiger partial charge in [0.1, 0.15) is 11.6 Å². The highest BCUT2D eigenvalue weighted by atomic mass is 16.5. The largest absolute Gasteiger partial charge is 0.480 e. The molecule has 1 saturated carbocycles. The van der Waals surface area contributed by atoms with Gasteiger partial charge >= 0.3 is 5.97 Å². The molecule has 0 bridgehead atoms. The Hall–Kier alpha value is -1.14. The molecule has 1 aliphatic carbocycles. The molecule has 1 rings (SSSR count). The lowest BCUT2D eigenvalue weighted by atomic mass is 9.77. The van der Waals surface area contributed by atoms with Gasteiger partial charge in [0, 0.05) is 7.11 Å². The number of nitrogens with two attached hydrogens (primary N) is 1. The van der Waals surface area contributed by atoms with E-state index >= 15 is 0 Å². The highest BCUT2D eigenvalue weighted by Crippen LogP contribution is 2.32. The van der Waals surface area contributed by atoms with Crippen LogP contribution in [0.3, 0.4) is 0 Å². The zero-order valence-corrected chi connectivity index (χ0v) is 10.9. The summed E-state index contributed by atoms with van der Waals surface area (Å²) in [6, 6.07) is -0.828. The second-order valence-corrected chi connectivity index (χ2v) is 5.12. The molecule has 6 heteroatoms. The van der Waals surface area contributed by atoms with Crippen molar-refractivity contribution in [3.63, 3.8) is 0 Å². The molecule has 0 radical (unpaired) electrons. The van der Waals surface area contributed by atoms with Crippen LogP contribution in [0.25, 0.3) is 0 Å². The fourth-order valence-corrected chi connectivity index (χ4v) is 2.23. The summed E-state index contributed by atoms with van der Waals surface area (Å²) < 4.78 is 4.79. The quantitative estimate of drug-likeness (QED) is 0.649. The van der Waals surface area contributed by atoms with Crippen LogP contribution in [0.2, 0.25) is 0 Å². The third-order valence-electron chi connectivity index (χ3n) is 3.58. The zero-order chi connectivity index (χ0) is 13.8. The van der Waals surface area contributed by atoms with E-state index in [1.807, 2.05) is 0 Å². The number of ether oxygens (including phenoxy) is 1. The molecular weight excluding hydrogens is 236 g/mol. The predicted molar refractivity (Wildman–Crippen MR) is 66.0 cm³/mol. The minimum absolute atomic E-state index is 0.0813.